The van der Waals surface area contributed by atoms with E-state index in [0.717, 1.165) is 87.5 Å². The first kappa shape index (κ1) is 68.9. The van der Waals surface area contributed by atoms with Gasteiger partial charge in [-0.05, 0) is 129 Å². The van der Waals surface area contributed by atoms with Crippen LogP contribution in [0.1, 0.15) is 81.5 Å². The Hall–Kier alpha value is -9.99. The molecule has 1 aliphatic heterocycles. The van der Waals surface area contributed by atoms with Gasteiger partial charge < -0.3 is 30.7 Å². The molecular weight excluding hydrogens is 1450 g/mol. The fourth-order valence-electron chi connectivity index (χ4n) is 12.0. The van der Waals surface area contributed by atoms with Crippen molar-refractivity contribution in [2.75, 3.05) is 17.2 Å². The highest BCUT2D eigenvalue weighted by Gasteiger charge is 2.25. The monoisotopic (exact) mass is 1510 g/mol. The van der Waals surface area contributed by atoms with Crippen molar-refractivity contribution in [3.05, 3.63) is 270 Å². The first-order chi connectivity index (χ1) is 47.6. The second kappa shape index (κ2) is 30.4. The average molecular weight is 1510 g/mol. The standard InChI is InChI=1S/C27H25ClN6O2.C22H17ClN6O.C17H15ClN2O.C6H5ClN4.HI/c1-17(32-25-24-26(30-15-29-25)33(16-31-24)22-12-5-6-13-36-22)21-14-18-8-7-11-20(28)23(18)27(35)34(21)19-9-3-2-4-10-19;1-13(28-21-19-20(25-11-24-19)26-12-27-21)17-10-14-6-5-9-16(23)18(14)22(30)29(17)15-7-3-2-4-8-15;1-11(19)15-10-12-6-5-9-14(18)16(12)17(21)20(15)13-7-3-2-4-8-13;1-11-3-10-4-5(7)8-2-9-6(4)11;/h2-4,7-11,14-17,22H,5-6,12-13H2,1H3,(H,29,30,32);2-13H,1H3,(H2,24,25,26,27,28);2-11H,19H2,1H3;2-3H,1H3;1H/t17-,22?;13-;11-;;/m000../s1. The fraction of sp³-hybridized carbons (Fsp3) is 0.167. The number of ether oxygens (including phenoxy) is 1. The Morgan fingerprint density at radius 2 is 0.980 bits per heavy atom. The molecule has 15 aromatic rings. The molecule has 6 aromatic carbocycles. The number of hydrogen-bond donors (Lipinski definition) is 4. The summed E-state index contributed by atoms with van der Waals surface area (Å²) in [5.74, 6) is 1.21. The van der Waals surface area contributed by atoms with Gasteiger partial charge in [0.05, 0.1) is 62.3 Å². The molecule has 0 saturated carbocycles. The molecule has 0 bridgehead atoms. The van der Waals surface area contributed by atoms with Crippen LogP contribution >= 0.6 is 70.4 Å². The number of benzene rings is 6. The Morgan fingerprint density at radius 3 is 1.48 bits per heavy atom. The molecule has 0 aliphatic carbocycles. The van der Waals surface area contributed by atoms with Crippen LogP contribution in [-0.4, -0.2) is 79.3 Å². The Balaban J connectivity index is 0.000000133. The maximum Gasteiger partial charge on any atom is 0.264 e. The van der Waals surface area contributed by atoms with Gasteiger partial charge >= 0.3 is 0 Å². The van der Waals surface area contributed by atoms with E-state index >= 15 is 0 Å². The second-order valence-electron chi connectivity index (χ2n) is 23.2. The number of nitrogens with two attached hydrogens (primary N) is 1. The summed E-state index contributed by atoms with van der Waals surface area (Å²) in [7, 11) is 1.86. The van der Waals surface area contributed by atoms with Crippen LogP contribution in [-0.2, 0) is 11.8 Å². The topological polar surface area (TPSA) is 267 Å². The van der Waals surface area contributed by atoms with E-state index < -0.39 is 0 Å². The van der Waals surface area contributed by atoms with Crippen LogP contribution in [0.2, 0.25) is 20.2 Å². The molecule has 10 heterocycles. The van der Waals surface area contributed by atoms with Gasteiger partial charge in [0.1, 0.15) is 36.2 Å². The van der Waals surface area contributed by atoms with Crippen molar-refractivity contribution in [3.63, 3.8) is 0 Å². The Bertz CT molecular complexity index is 5590. The van der Waals surface area contributed by atoms with Gasteiger partial charge in [-0.15, -0.1) is 24.0 Å². The van der Waals surface area contributed by atoms with Crippen molar-refractivity contribution in [1.82, 2.24) is 72.7 Å². The van der Waals surface area contributed by atoms with Crippen molar-refractivity contribution >= 4 is 148 Å². The molecule has 22 nitrogen and oxygen atoms in total. The van der Waals surface area contributed by atoms with Crippen LogP contribution < -0.4 is 33.0 Å². The molecule has 1 fully saturated rings. The van der Waals surface area contributed by atoms with Gasteiger partial charge in [-0.25, -0.2) is 44.9 Å². The summed E-state index contributed by atoms with van der Waals surface area (Å²) in [4.78, 5) is 81.2. The highest BCUT2D eigenvalue weighted by atomic mass is 127. The van der Waals surface area contributed by atoms with Crippen molar-refractivity contribution in [2.24, 2.45) is 12.8 Å². The summed E-state index contributed by atoms with van der Waals surface area (Å²) in [6.07, 6.45) is 12.5. The van der Waals surface area contributed by atoms with E-state index in [9.17, 15) is 14.4 Å². The Kier molecular flexibility index (Phi) is 21.2. The summed E-state index contributed by atoms with van der Waals surface area (Å²) in [5, 5.41) is 12.5. The van der Waals surface area contributed by atoms with Crippen LogP contribution in [0.5, 0.6) is 0 Å². The molecular formula is C72H63Cl4IN18O4. The summed E-state index contributed by atoms with van der Waals surface area (Å²) >= 11 is 24.8. The van der Waals surface area contributed by atoms with Crippen LogP contribution in [0.3, 0.4) is 0 Å². The lowest BCUT2D eigenvalue weighted by molar-refractivity contribution is -0.0298. The number of aromatic nitrogens is 15. The molecule has 9 aromatic heterocycles. The summed E-state index contributed by atoms with van der Waals surface area (Å²) in [5.41, 5.74) is 14.3. The third-order valence-electron chi connectivity index (χ3n) is 16.7. The molecule has 500 valence electrons. The zero-order valence-corrected chi connectivity index (χ0v) is 58.9. The van der Waals surface area contributed by atoms with E-state index in [1.165, 1.54) is 19.0 Å². The fourth-order valence-corrected chi connectivity index (χ4v) is 12.9. The predicted molar refractivity (Wildman–Crippen MR) is 403 cm³/mol. The number of aromatic amines is 1. The number of pyridine rings is 3. The number of para-hydroxylation sites is 3. The molecule has 0 radical (unpaired) electrons. The van der Waals surface area contributed by atoms with Gasteiger partial charge in [0, 0.05) is 53.8 Å². The molecule has 99 heavy (non-hydrogen) atoms. The second-order valence-corrected chi connectivity index (χ2v) is 24.7. The largest absolute Gasteiger partial charge is 0.360 e. The number of anilines is 2. The number of nitrogens with zero attached hydrogens (tertiary/aromatic N) is 14. The number of imidazole rings is 3. The summed E-state index contributed by atoms with van der Waals surface area (Å²) in [6, 6.07) is 50.1. The number of aryl methyl sites for hydroxylation is 1. The van der Waals surface area contributed by atoms with E-state index in [1.54, 1.807) is 55.4 Å². The van der Waals surface area contributed by atoms with Crippen molar-refractivity contribution in [3.8, 4) is 17.1 Å². The zero-order chi connectivity index (χ0) is 68.1. The first-order valence-corrected chi connectivity index (χ1v) is 32.8. The van der Waals surface area contributed by atoms with E-state index in [-0.39, 0.29) is 65.0 Å². The van der Waals surface area contributed by atoms with Gasteiger partial charge in [0.2, 0.25) is 0 Å². The van der Waals surface area contributed by atoms with Crippen LogP contribution in [0.15, 0.2) is 216 Å². The minimum atomic E-state index is -0.282. The number of H-pyrrole nitrogens is 1. The number of hydrogen-bond acceptors (Lipinski definition) is 16. The summed E-state index contributed by atoms with van der Waals surface area (Å²) < 4.78 is 14.7. The van der Waals surface area contributed by atoms with E-state index in [4.69, 9.17) is 56.9 Å². The summed E-state index contributed by atoms with van der Waals surface area (Å²) in [6.45, 7) is 6.58. The van der Waals surface area contributed by atoms with Gasteiger partial charge in [0.15, 0.2) is 39.2 Å². The predicted octanol–water partition coefficient (Wildman–Crippen LogP) is 15.4. The highest BCUT2D eigenvalue weighted by molar-refractivity contribution is 14.0. The molecule has 27 heteroatoms. The number of rotatable bonds is 11. The quantitative estimate of drug-likeness (QED) is 0.0692. The van der Waals surface area contributed by atoms with Crippen LogP contribution in [0.4, 0.5) is 11.6 Å². The third-order valence-corrected chi connectivity index (χ3v) is 17.9. The van der Waals surface area contributed by atoms with Gasteiger partial charge in [0.25, 0.3) is 16.7 Å². The molecule has 1 unspecified atom stereocenters. The van der Waals surface area contributed by atoms with Gasteiger partial charge in [-0.1, -0.05) is 137 Å². The number of nitrogens with one attached hydrogen (secondary N) is 3. The third kappa shape index (κ3) is 14.2. The van der Waals surface area contributed by atoms with E-state index in [1.807, 2.05) is 178 Å². The SMILES string of the molecule is C[C@H](N)c1cc2cccc(Cl)c2c(=O)n1-c1ccccc1.C[C@H](Nc1ncnc2c1ncn2C1CCCCO1)c1cc2cccc(Cl)c2c(=O)n1-c1ccccc1.C[C@H](Nc1ncnc2nc[nH]c12)c1cc2cccc(Cl)c2c(=O)n1-c1ccccc1.Cn1cnc2c(Cl)ncnc21.I. The molecule has 0 amide bonds. The number of fused-ring (bicyclic) bond motifs is 6. The van der Waals surface area contributed by atoms with Crippen LogP contribution in [0, 0.1) is 0 Å². The molecule has 4 atom stereocenters. The minimum Gasteiger partial charge on any atom is -0.360 e. The maximum absolute atomic E-state index is 13.7. The molecule has 5 N–H and O–H groups in total. The Labute approximate surface area is 602 Å². The van der Waals surface area contributed by atoms with Crippen molar-refractivity contribution < 1.29 is 4.74 Å². The van der Waals surface area contributed by atoms with Crippen molar-refractivity contribution in [2.45, 2.75) is 64.4 Å². The smallest absolute Gasteiger partial charge is 0.264 e. The zero-order valence-electron chi connectivity index (χ0n) is 53.6. The van der Waals surface area contributed by atoms with E-state index in [0.29, 0.717) is 70.2 Å². The lowest BCUT2D eigenvalue weighted by Crippen LogP contribution is -2.26. The average Bonchev–Trinajstić information content (AvgIpc) is 1.24. The lowest BCUT2D eigenvalue weighted by Gasteiger charge is -2.24. The maximum atomic E-state index is 13.7. The van der Waals surface area contributed by atoms with Crippen LogP contribution in [0.25, 0.3) is 82.9 Å². The molecule has 1 saturated heterocycles. The molecule has 16 rings (SSSR count). The van der Waals surface area contributed by atoms with E-state index in [2.05, 4.69) is 60.5 Å². The number of halogens is 5. The highest BCUT2D eigenvalue weighted by Crippen LogP contribution is 2.33. The lowest BCUT2D eigenvalue weighted by atomic mass is 10.1. The molecule has 1 aliphatic rings. The first-order valence-electron chi connectivity index (χ1n) is 31.3. The minimum absolute atomic E-state index is 0. The van der Waals surface area contributed by atoms with Crippen molar-refractivity contribution in [1.29, 1.82) is 0 Å². The molecule has 0 spiro atoms. The normalized spacial score (nSPS) is 13.7. The van der Waals surface area contributed by atoms with Gasteiger partial charge in [-0.3, -0.25) is 32.7 Å². The van der Waals surface area contributed by atoms with Gasteiger partial charge in [-0.2, -0.15) is 0 Å². The Morgan fingerprint density at radius 1 is 0.515 bits per heavy atom.